The Labute approximate surface area is 113 Å². The Hall–Kier alpha value is -1.44. The molecule has 3 N–H and O–H groups in total. The highest BCUT2D eigenvalue weighted by Gasteiger charge is 2.15. The van der Waals surface area contributed by atoms with Gasteiger partial charge in [0.1, 0.15) is 0 Å². The highest BCUT2D eigenvalue weighted by molar-refractivity contribution is 7.89. The summed E-state index contributed by atoms with van der Waals surface area (Å²) in [6.07, 6.45) is 0.701. The SMILES string of the molecule is CN(C)C(=O)CNS(=O)(=O)c1ccc(CCN)cc1. The van der Waals surface area contributed by atoms with Crippen LogP contribution < -0.4 is 10.5 Å². The fourth-order valence-electron chi connectivity index (χ4n) is 1.40. The topological polar surface area (TPSA) is 92.5 Å². The quantitative estimate of drug-likeness (QED) is 0.740. The minimum atomic E-state index is -3.65. The van der Waals surface area contributed by atoms with Gasteiger partial charge in [0.2, 0.25) is 15.9 Å². The Morgan fingerprint density at radius 3 is 2.32 bits per heavy atom. The number of hydrogen-bond acceptors (Lipinski definition) is 4. The van der Waals surface area contributed by atoms with Gasteiger partial charge in [-0.1, -0.05) is 12.1 Å². The summed E-state index contributed by atoms with van der Waals surface area (Å²) in [5.41, 5.74) is 6.40. The average molecular weight is 285 g/mol. The molecule has 19 heavy (non-hydrogen) atoms. The van der Waals surface area contributed by atoms with E-state index < -0.39 is 10.0 Å². The van der Waals surface area contributed by atoms with E-state index >= 15 is 0 Å². The first-order valence-corrected chi connectivity index (χ1v) is 7.34. The second-order valence-corrected chi connectivity index (χ2v) is 6.06. The van der Waals surface area contributed by atoms with Crippen LogP contribution in [0.4, 0.5) is 0 Å². The predicted octanol–water partition coefficient (Wildman–Crippen LogP) is -0.446. The summed E-state index contributed by atoms with van der Waals surface area (Å²) in [7, 11) is -0.514. The van der Waals surface area contributed by atoms with Gasteiger partial charge in [0.05, 0.1) is 11.4 Å². The molecule has 7 heteroatoms. The Balaban J connectivity index is 2.74. The molecular weight excluding hydrogens is 266 g/mol. The van der Waals surface area contributed by atoms with Gasteiger partial charge in [0, 0.05) is 14.1 Å². The molecule has 0 aliphatic carbocycles. The highest BCUT2D eigenvalue weighted by atomic mass is 32.2. The van der Waals surface area contributed by atoms with Crippen molar-refractivity contribution in [3.8, 4) is 0 Å². The summed E-state index contributed by atoms with van der Waals surface area (Å²) in [4.78, 5) is 12.8. The number of rotatable bonds is 6. The van der Waals surface area contributed by atoms with Crippen molar-refractivity contribution in [3.63, 3.8) is 0 Å². The number of nitrogens with zero attached hydrogens (tertiary/aromatic N) is 1. The standard InChI is InChI=1S/C12H19N3O3S/c1-15(2)12(16)9-14-19(17,18)11-5-3-10(4-6-11)7-8-13/h3-6,14H,7-9,13H2,1-2H3. The summed E-state index contributed by atoms with van der Waals surface area (Å²) in [5, 5.41) is 0. The van der Waals surface area contributed by atoms with Crippen LogP contribution in [0.2, 0.25) is 0 Å². The number of likely N-dealkylation sites (N-methyl/N-ethyl adjacent to an activating group) is 1. The first-order chi connectivity index (χ1) is 8.86. The van der Waals surface area contributed by atoms with Crippen LogP contribution >= 0.6 is 0 Å². The van der Waals surface area contributed by atoms with Gasteiger partial charge in [-0.3, -0.25) is 4.79 Å². The van der Waals surface area contributed by atoms with Gasteiger partial charge in [-0.05, 0) is 30.7 Å². The Morgan fingerprint density at radius 1 is 1.26 bits per heavy atom. The number of nitrogens with two attached hydrogens (primary N) is 1. The molecular formula is C12H19N3O3S. The third-order valence-corrected chi connectivity index (χ3v) is 4.00. The average Bonchev–Trinajstić information content (AvgIpc) is 2.37. The molecule has 1 rings (SSSR count). The molecule has 0 saturated heterocycles. The molecule has 0 saturated carbocycles. The molecule has 0 aromatic heterocycles. The lowest BCUT2D eigenvalue weighted by atomic mass is 10.2. The Morgan fingerprint density at radius 2 is 1.84 bits per heavy atom. The maximum absolute atomic E-state index is 11.9. The van der Waals surface area contributed by atoms with E-state index in [4.69, 9.17) is 5.73 Å². The summed E-state index contributed by atoms with van der Waals surface area (Å²) in [5.74, 6) is -0.302. The van der Waals surface area contributed by atoms with Crippen LogP contribution in [-0.2, 0) is 21.2 Å². The van der Waals surface area contributed by atoms with E-state index in [1.54, 1.807) is 26.2 Å². The molecule has 0 aliphatic heterocycles. The van der Waals surface area contributed by atoms with Crippen molar-refractivity contribution in [2.75, 3.05) is 27.2 Å². The number of hydrogen-bond donors (Lipinski definition) is 2. The van der Waals surface area contributed by atoms with Gasteiger partial charge in [-0.15, -0.1) is 0 Å². The van der Waals surface area contributed by atoms with Crippen molar-refractivity contribution in [3.05, 3.63) is 29.8 Å². The summed E-state index contributed by atoms with van der Waals surface area (Å²) < 4.78 is 26.1. The van der Waals surface area contributed by atoms with Crippen LogP contribution in [0.25, 0.3) is 0 Å². The van der Waals surface area contributed by atoms with Gasteiger partial charge in [-0.2, -0.15) is 0 Å². The molecule has 0 aliphatic rings. The zero-order valence-corrected chi connectivity index (χ0v) is 11.9. The number of sulfonamides is 1. The third-order valence-electron chi connectivity index (χ3n) is 2.58. The molecule has 0 radical (unpaired) electrons. The van der Waals surface area contributed by atoms with Crippen molar-refractivity contribution in [1.82, 2.24) is 9.62 Å². The van der Waals surface area contributed by atoms with E-state index in [0.29, 0.717) is 13.0 Å². The van der Waals surface area contributed by atoms with Crippen LogP contribution in [0.3, 0.4) is 0 Å². The summed E-state index contributed by atoms with van der Waals surface area (Å²) in [6, 6.07) is 6.45. The fraction of sp³-hybridized carbons (Fsp3) is 0.417. The number of carbonyl (C=O) groups is 1. The van der Waals surface area contributed by atoms with Crippen LogP contribution in [0.1, 0.15) is 5.56 Å². The van der Waals surface area contributed by atoms with Crippen LogP contribution in [0.15, 0.2) is 29.2 Å². The molecule has 0 bridgehead atoms. The van der Waals surface area contributed by atoms with Crippen molar-refractivity contribution >= 4 is 15.9 Å². The maximum atomic E-state index is 11.9. The lowest BCUT2D eigenvalue weighted by Crippen LogP contribution is -2.36. The molecule has 1 aromatic carbocycles. The highest BCUT2D eigenvalue weighted by Crippen LogP contribution is 2.10. The zero-order chi connectivity index (χ0) is 14.5. The molecule has 1 aromatic rings. The molecule has 0 spiro atoms. The first-order valence-electron chi connectivity index (χ1n) is 5.85. The second kappa shape index (κ2) is 6.65. The van der Waals surface area contributed by atoms with Gasteiger partial charge in [-0.25, -0.2) is 13.1 Å². The third kappa shape index (κ3) is 4.62. The van der Waals surface area contributed by atoms with Gasteiger partial charge >= 0.3 is 0 Å². The molecule has 1 amide bonds. The van der Waals surface area contributed by atoms with Crippen molar-refractivity contribution < 1.29 is 13.2 Å². The minimum Gasteiger partial charge on any atom is -0.348 e. The van der Waals surface area contributed by atoms with Crippen molar-refractivity contribution in [1.29, 1.82) is 0 Å². The van der Waals surface area contributed by atoms with E-state index in [1.807, 2.05) is 0 Å². The van der Waals surface area contributed by atoms with Gasteiger partial charge < -0.3 is 10.6 Å². The predicted molar refractivity (Wildman–Crippen MR) is 73.1 cm³/mol. The largest absolute Gasteiger partial charge is 0.348 e. The smallest absolute Gasteiger partial charge is 0.241 e. The molecule has 6 nitrogen and oxygen atoms in total. The van der Waals surface area contributed by atoms with Crippen LogP contribution in [0, 0.1) is 0 Å². The number of nitrogens with one attached hydrogen (secondary N) is 1. The lowest BCUT2D eigenvalue weighted by molar-refractivity contribution is -0.127. The second-order valence-electron chi connectivity index (χ2n) is 4.30. The van der Waals surface area contributed by atoms with Gasteiger partial charge in [0.15, 0.2) is 0 Å². The first kappa shape index (κ1) is 15.6. The van der Waals surface area contributed by atoms with Crippen molar-refractivity contribution in [2.45, 2.75) is 11.3 Å². The fourth-order valence-corrected chi connectivity index (χ4v) is 2.37. The molecule has 0 unspecified atom stereocenters. The molecule has 0 fully saturated rings. The number of carbonyl (C=O) groups excluding carboxylic acids is 1. The monoisotopic (exact) mass is 285 g/mol. The number of amides is 1. The lowest BCUT2D eigenvalue weighted by Gasteiger charge is -2.11. The van der Waals surface area contributed by atoms with E-state index in [2.05, 4.69) is 4.72 Å². The van der Waals surface area contributed by atoms with E-state index in [0.717, 1.165) is 5.56 Å². The molecule has 0 atom stereocenters. The molecule has 0 heterocycles. The van der Waals surface area contributed by atoms with Crippen molar-refractivity contribution in [2.24, 2.45) is 5.73 Å². The van der Waals surface area contributed by atoms with E-state index in [9.17, 15) is 13.2 Å². The Bertz CT molecular complexity index is 524. The number of benzene rings is 1. The molecule has 106 valence electrons. The summed E-state index contributed by atoms with van der Waals surface area (Å²) >= 11 is 0. The van der Waals surface area contributed by atoms with E-state index in [1.165, 1.54) is 17.0 Å². The van der Waals surface area contributed by atoms with Crippen LogP contribution in [-0.4, -0.2) is 46.4 Å². The van der Waals surface area contributed by atoms with Gasteiger partial charge in [0.25, 0.3) is 0 Å². The van der Waals surface area contributed by atoms with E-state index in [-0.39, 0.29) is 17.3 Å². The minimum absolute atomic E-state index is 0.139. The normalized spacial score (nSPS) is 11.3. The van der Waals surface area contributed by atoms with Crippen LogP contribution in [0.5, 0.6) is 0 Å². The maximum Gasteiger partial charge on any atom is 0.241 e. The zero-order valence-electron chi connectivity index (χ0n) is 11.1. The summed E-state index contributed by atoms with van der Waals surface area (Å²) in [6.45, 7) is 0.265. The Kier molecular flexibility index (Phi) is 5.46.